The van der Waals surface area contributed by atoms with E-state index >= 15 is 0 Å². The van der Waals surface area contributed by atoms with Gasteiger partial charge in [-0.1, -0.05) is 23.2 Å². The predicted octanol–water partition coefficient (Wildman–Crippen LogP) is 4.74. The molecule has 0 spiro atoms. The topological polar surface area (TPSA) is 95.1 Å². The van der Waals surface area contributed by atoms with Crippen LogP contribution in [0.3, 0.4) is 0 Å². The molecule has 0 saturated carbocycles. The Labute approximate surface area is 201 Å². The molecule has 1 heterocycles. The number of esters is 1. The predicted molar refractivity (Wildman–Crippen MR) is 125 cm³/mol. The number of carbonyl (C=O) groups is 2. The molecule has 1 unspecified atom stereocenters. The lowest BCUT2D eigenvalue weighted by atomic mass is 9.92. The Bertz CT molecular complexity index is 1090. The third kappa shape index (κ3) is 4.96. The number of hydrogen-bond donors (Lipinski definition) is 2. The maximum absolute atomic E-state index is 12.9. The number of carbonyl (C=O) groups excluding carboxylic acids is 2. The Hall–Kier alpha value is -3.10. The van der Waals surface area contributed by atoms with Crippen molar-refractivity contribution < 1.29 is 28.5 Å². The Morgan fingerprint density at radius 3 is 2.24 bits per heavy atom. The molecule has 33 heavy (non-hydrogen) atoms. The molecular formula is C23H24Cl2N2O6. The summed E-state index contributed by atoms with van der Waals surface area (Å²) in [6.45, 7) is 4.20. The van der Waals surface area contributed by atoms with Crippen molar-refractivity contribution in [3.8, 4) is 17.2 Å². The fraction of sp³-hybridized carbons (Fsp3) is 0.304. The Morgan fingerprint density at radius 1 is 1.03 bits per heavy atom. The summed E-state index contributed by atoms with van der Waals surface area (Å²) in [5, 5.41) is 5.81. The molecule has 2 aromatic carbocycles. The molecule has 2 aromatic rings. The lowest BCUT2D eigenvalue weighted by Crippen LogP contribution is -2.45. The fourth-order valence-corrected chi connectivity index (χ4v) is 4.13. The van der Waals surface area contributed by atoms with E-state index in [1.54, 1.807) is 51.3 Å². The van der Waals surface area contributed by atoms with E-state index in [4.69, 9.17) is 42.1 Å². The smallest absolute Gasteiger partial charge is 0.338 e. The Kier molecular flexibility index (Phi) is 7.94. The van der Waals surface area contributed by atoms with Crippen molar-refractivity contribution in [2.75, 3.05) is 27.4 Å². The molecule has 1 atom stereocenters. The molecule has 0 aliphatic carbocycles. The zero-order valence-corrected chi connectivity index (χ0v) is 20.1. The molecule has 0 fully saturated rings. The van der Waals surface area contributed by atoms with Gasteiger partial charge in [0, 0.05) is 5.56 Å². The van der Waals surface area contributed by atoms with Crippen LogP contribution in [-0.4, -0.2) is 39.4 Å². The minimum atomic E-state index is -0.962. The van der Waals surface area contributed by atoms with E-state index in [0.717, 1.165) is 0 Å². The van der Waals surface area contributed by atoms with Crippen molar-refractivity contribution in [2.24, 2.45) is 0 Å². The fourth-order valence-electron chi connectivity index (χ4n) is 3.50. The average Bonchev–Trinajstić information content (AvgIpc) is 2.82. The Morgan fingerprint density at radius 2 is 1.67 bits per heavy atom. The second kappa shape index (κ2) is 10.7. The van der Waals surface area contributed by atoms with E-state index in [1.165, 1.54) is 7.11 Å². The maximum atomic E-state index is 12.9. The van der Waals surface area contributed by atoms with Crippen LogP contribution in [-0.2, 0) is 9.53 Å². The van der Waals surface area contributed by atoms with Crippen LogP contribution in [0.1, 0.15) is 31.0 Å². The van der Waals surface area contributed by atoms with Crippen LogP contribution in [0.2, 0.25) is 10.0 Å². The first-order chi connectivity index (χ1) is 15.9. The van der Waals surface area contributed by atoms with Gasteiger partial charge in [-0.05, 0) is 49.7 Å². The van der Waals surface area contributed by atoms with E-state index < -0.39 is 18.0 Å². The molecule has 10 heteroatoms. The van der Waals surface area contributed by atoms with Gasteiger partial charge in [0.2, 0.25) is 0 Å². The molecule has 2 amide bonds. The summed E-state index contributed by atoms with van der Waals surface area (Å²) in [6, 6.07) is 6.96. The van der Waals surface area contributed by atoms with Gasteiger partial charge < -0.3 is 29.6 Å². The standard InChI is InChI=1S/C23H24Cl2N2O6/c1-5-32-20-14(11-15(24)21(17(20)25)33-6-2)19-16(22(28)31-4)18(26-23(29)27-19)12-7-9-13(30-3)10-8-12/h7-11,19H,5-6H2,1-4H3,(H2,26,27,29). The second-order valence-electron chi connectivity index (χ2n) is 6.83. The molecule has 0 saturated heterocycles. The number of nitrogens with one attached hydrogen (secondary N) is 2. The summed E-state index contributed by atoms with van der Waals surface area (Å²) < 4.78 is 21.6. The lowest BCUT2D eigenvalue weighted by Gasteiger charge is -2.31. The third-order valence-corrected chi connectivity index (χ3v) is 5.53. The van der Waals surface area contributed by atoms with Crippen LogP contribution >= 0.6 is 23.2 Å². The van der Waals surface area contributed by atoms with E-state index in [1.807, 2.05) is 0 Å². The highest BCUT2D eigenvalue weighted by Crippen LogP contribution is 2.47. The Balaban J connectivity index is 2.27. The SMILES string of the molecule is CCOc1c(Cl)cc(C2NC(=O)NC(c3ccc(OC)cc3)=C2C(=O)OC)c(OCC)c1Cl. The molecule has 176 valence electrons. The highest BCUT2D eigenvalue weighted by atomic mass is 35.5. The van der Waals surface area contributed by atoms with Crippen LogP contribution in [0.25, 0.3) is 5.70 Å². The largest absolute Gasteiger partial charge is 0.497 e. The third-order valence-electron chi connectivity index (χ3n) is 4.90. The zero-order valence-electron chi connectivity index (χ0n) is 18.6. The van der Waals surface area contributed by atoms with Gasteiger partial charge in [0.1, 0.15) is 16.5 Å². The van der Waals surface area contributed by atoms with Crippen LogP contribution in [0.4, 0.5) is 4.79 Å². The normalized spacial score (nSPS) is 15.5. The van der Waals surface area contributed by atoms with Crippen LogP contribution < -0.4 is 24.8 Å². The van der Waals surface area contributed by atoms with Gasteiger partial charge in [0.15, 0.2) is 5.75 Å². The van der Waals surface area contributed by atoms with Crippen molar-refractivity contribution in [3.05, 3.63) is 57.1 Å². The number of ether oxygens (including phenoxy) is 4. The monoisotopic (exact) mass is 494 g/mol. The van der Waals surface area contributed by atoms with E-state index in [9.17, 15) is 9.59 Å². The van der Waals surface area contributed by atoms with Crippen LogP contribution in [0.15, 0.2) is 35.9 Å². The van der Waals surface area contributed by atoms with Gasteiger partial charge in [0.25, 0.3) is 0 Å². The lowest BCUT2D eigenvalue weighted by molar-refractivity contribution is -0.136. The zero-order chi connectivity index (χ0) is 24.1. The summed E-state index contributed by atoms with van der Waals surface area (Å²) in [5.41, 5.74) is 1.40. The molecule has 0 radical (unpaired) electrons. The molecule has 0 bridgehead atoms. The molecule has 8 nitrogen and oxygen atoms in total. The summed E-state index contributed by atoms with van der Waals surface area (Å²) >= 11 is 13.0. The second-order valence-corrected chi connectivity index (χ2v) is 7.61. The highest BCUT2D eigenvalue weighted by Gasteiger charge is 2.37. The summed E-state index contributed by atoms with van der Waals surface area (Å²) in [6.07, 6.45) is 0. The number of urea groups is 1. The van der Waals surface area contributed by atoms with Crippen molar-refractivity contribution in [3.63, 3.8) is 0 Å². The van der Waals surface area contributed by atoms with Gasteiger partial charge in [-0.3, -0.25) is 0 Å². The number of rotatable bonds is 8. The van der Waals surface area contributed by atoms with Gasteiger partial charge in [-0.2, -0.15) is 0 Å². The number of halogens is 2. The molecule has 3 rings (SSSR count). The molecule has 1 aliphatic rings. The average molecular weight is 495 g/mol. The van der Waals surface area contributed by atoms with E-state index in [2.05, 4.69) is 10.6 Å². The van der Waals surface area contributed by atoms with Gasteiger partial charge >= 0.3 is 12.0 Å². The van der Waals surface area contributed by atoms with Gasteiger partial charge in [-0.15, -0.1) is 0 Å². The first kappa shape index (κ1) is 24.5. The number of methoxy groups -OCH3 is 2. The number of benzene rings is 2. The molecule has 1 aliphatic heterocycles. The van der Waals surface area contributed by atoms with Crippen molar-refractivity contribution in [2.45, 2.75) is 19.9 Å². The molecular weight excluding hydrogens is 471 g/mol. The van der Waals surface area contributed by atoms with Crippen molar-refractivity contribution >= 4 is 40.9 Å². The highest BCUT2D eigenvalue weighted by molar-refractivity contribution is 6.38. The quantitative estimate of drug-likeness (QED) is 0.514. The molecule has 0 aromatic heterocycles. The van der Waals surface area contributed by atoms with Crippen LogP contribution in [0, 0.1) is 0 Å². The maximum Gasteiger partial charge on any atom is 0.338 e. The first-order valence-corrected chi connectivity index (χ1v) is 10.9. The van der Waals surface area contributed by atoms with Crippen molar-refractivity contribution in [1.82, 2.24) is 10.6 Å². The minimum Gasteiger partial charge on any atom is -0.497 e. The summed E-state index contributed by atoms with van der Waals surface area (Å²) in [5.74, 6) is 0.475. The van der Waals surface area contributed by atoms with E-state index in [-0.39, 0.29) is 39.4 Å². The number of hydrogen-bond acceptors (Lipinski definition) is 6. The summed E-state index contributed by atoms with van der Waals surface area (Å²) in [4.78, 5) is 25.6. The minimum absolute atomic E-state index is 0.143. The first-order valence-electron chi connectivity index (χ1n) is 10.2. The van der Waals surface area contributed by atoms with Crippen molar-refractivity contribution in [1.29, 1.82) is 0 Å². The van der Waals surface area contributed by atoms with Gasteiger partial charge in [-0.25, -0.2) is 9.59 Å². The van der Waals surface area contributed by atoms with E-state index in [0.29, 0.717) is 23.5 Å². The van der Waals surface area contributed by atoms with Gasteiger partial charge in [0.05, 0.1) is 49.8 Å². The summed E-state index contributed by atoms with van der Waals surface area (Å²) in [7, 11) is 2.81. The van der Waals surface area contributed by atoms with Crippen LogP contribution in [0.5, 0.6) is 17.2 Å². The number of amides is 2. The molecule has 2 N–H and O–H groups in total.